The van der Waals surface area contributed by atoms with Gasteiger partial charge in [-0.1, -0.05) is 0 Å². The summed E-state index contributed by atoms with van der Waals surface area (Å²) in [5.74, 6) is -3.71. The molecule has 0 amide bonds. The molecule has 0 spiro atoms. The van der Waals surface area contributed by atoms with Gasteiger partial charge in [0.25, 0.3) is 0 Å². The van der Waals surface area contributed by atoms with E-state index >= 15 is 0 Å². The van der Waals surface area contributed by atoms with E-state index in [2.05, 4.69) is 9.97 Å². The van der Waals surface area contributed by atoms with E-state index in [1.807, 2.05) is 0 Å². The number of hydrogen-bond acceptors (Lipinski definition) is 5. The number of rotatable bonds is 5. The Labute approximate surface area is 95.5 Å². The fourth-order valence-corrected chi connectivity index (χ4v) is 1.20. The number of halogens is 1. The topological polar surface area (TPSA) is 104 Å². The van der Waals surface area contributed by atoms with Crippen molar-refractivity contribution in [2.45, 2.75) is 6.92 Å². The summed E-state index contributed by atoms with van der Waals surface area (Å²) in [6, 6.07) is 0. The van der Waals surface area contributed by atoms with Gasteiger partial charge in [-0.2, -0.15) is 0 Å². The minimum Gasteiger partial charge on any atom is -0.480 e. The van der Waals surface area contributed by atoms with Crippen LogP contribution in [0.15, 0.2) is 6.33 Å². The van der Waals surface area contributed by atoms with Crippen LogP contribution in [-0.2, 0) is 9.59 Å². The van der Waals surface area contributed by atoms with Crippen LogP contribution in [0.4, 0.5) is 10.2 Å². The fraction of sp³-hybridized carbons (Fsp3) is 0.333. The largest absolute Gasteiger partial charge is 0.480 e. The molecule has 1 aromatic heterocycles. The van der Waals surface area contributed by atoms with E-state index in [0.717, 1.165) is 11.2 Å². The van der Waals surface area contributed by atoms with E-state index in [1.165, 1.54) is 6.92 Å². The molecule has 17 heavy (non-hydrogen) atoms. The highest BCUT2D eigenvalue weighted by atomic mass is 19.1. The van der Waals surface area contributed by atoms with Gasteiger partial charge in [-0.05, 0) is 6.92 Å². The Morgan fingerprint density at radius 1 is 1.29 bits per heavy atom. The van der Waals surface area contributed by atoms with Gasteiger partial charge in [0, 0.05) is 0 Å². The first-order valence-electron chi connectivity index (χ1n) is 4.57. The normalized spacial score (nSPS) is 10.0. The number of aliphatic carboxylic acids is 2. The number of nitrogens with zero attached hydrogens (tertiary/aromatic N) is 3. The lowest BCUT2D eigenvalue weighted by Crippen LogP contribution is -2.36. The quantitative estimate of drug-likeness (QED) is 0.744. The highest BCUT2D eigenvalue weighted by molar-refractivity contribution is 5.78. The van der Waals surface area contributed by atoms with Gasteiger partial charge in [-0.15, -0.1) is 0 Å². The molecule has 0 atom stereocenters. The maximum Gasteiger partial charge on any atom is 0.323 e. The van der Waals surface area contributed by atoms with Gasteiger partial charge in [0.2, 0.25) is 0 Å². The lowest BCUT2D eigenvalue weighted by Gasteiger charge is -2.19. The van der Waals surface area contributed by atoms with Gasteiger partial charge in [0.15, 0.2) is 11.6 Å². The molecule has 8 heteroatoms. The molecule has 0 unspecified atom stereocenters. The summed E-state index contributed by atoms with van der Waals surface area (Å²) < 4.78 is 13.6. The van der Waals surface area contributed by atoms with Crippen LogP contribution in [0.5, 0.6) is 0 Å². The Balaban J connectivity index is 3.07. The van der Waals surface area contributed by atoms with Gasteiger partial charge < -0.3 is 15.1 Å². The lowest BCUT2D eigenvalue weighted by atomic mass is 10.3. The molecule has 0 radical (unpaired) electrons. The van der Waals surface area contributed by atoms with Gasteiger partial charge in [0.05, 0.1) is 5.69 Å². The molecule has 0 saturated carbocycles. The summed E-state index contributed by atoms with van der Waals surface area (Å²) in [6.07, 6.45) is 1.05. The van der Waals surface area contributed by atoms with Crippen molar-refractivity contribution in [3.63, 3.8) is 0 Å². The Hall–Kier alpha value is -2.25. The molecule has 1 rings (SSSR count). The van der Waals surface area contributed by atoms with Crippen LogP contribution in [0, 0.1) is 12.7 Å². The third kappa shape index (κ3) is 3.37. The van der Waals surface area contributed by atoms with Gasteiger partial charge >= 0.3 is 11.9 Å². The predicted octanol–water partition coefficient (Wildman–Crippen LogP) is -0.100. The smallest absolute Gasteiger partial charge is 0.323 e. The molecule has 0 aliphatic heterocycles. The second kappa shape index (κ2) is 5.19. The van der Waals surface area contributed by atoms with Crippen LogP contribution in [-0.4, -0.2) is 45.2 Å². The highest BCUT2D eigenvalue weighted by Crippen LogP contribution is 2.16. The zero-order valence-electron chi connectivity index (χ0n) is 8.92. The first-order valence-corrected chi connectivity index (χ1v) is 4.57. The monoisotopic (exact) mass is 243 g/mol. The first-order chi connectivity index (χ1) is 7.91. The third-order valence-corrected chi connectivity index (χ3v) is 1.90. The summed E-state index contributed by atoms with van der Waals surface area (Å²) in [4.78, 5) is 29.1. The summed E-state index contributed by atoms with van der Waals surface area (Å²) in [5.41, 5.74) is 0.0239. The van der Waals surface area contributed by atoms with Crippen LogP contribution in [0.1, 0.15) is 5.69 Å². The zero-order chi connectivity index (χ0) is 13.0. The average Bonchev–Trinajstić information content (AvgIpc) is 2.19. The molecule has 7 nitrogen and oxygen atoms in total. The summed E-state index contributed by atoms with van der Waals surface area (Å²) in [6.45, 7) is 0.0690. The number of carboxylic acid groups (broad SMARTS) is 2. The minimum atomic E-state index is -1.28. The van der Waals surface area contributed by atoms with E-state index < -0.39 is 30.8 Å². The Morgan fingerprint density at radius 3 is 2.29 bits per heavy atom. The average molecular weight is 243 g/mol. The maximum atomic E-state index is 13.6. The number of anilines is 1. The van der Waals surface area contributed by atoms with Gasteiger partial charge in [0.1, 0.15) is 19.4 Å². The van der Waals surface area contributed by atoms with Crippen LogP contribution in [0.3, 0.4) is 0 Å². The van der Waals surface area contributed by atoms with Crippen molar-refractivity contribution in [2.75, 3.05) is 18.0 Å². The zero-order valence-corrected chi connectivity index (χ0v) is 8.92. The summed E-state index contributed by atoms with van der Waals surface area (Å²) in [5, 5.41) is 17.2. The minimum absolute atomic E-state index is 0.0239. The number of carbonyl (C=O) groups is 2. The van der Waals surface area contributed by atoms with Crippen molar-refractivity contribution in [3.05, 3.63) is 17.8 Å². The number of carboxylic acids is 2. The second-order valence-corrected chi connectivity index (χ2v) is 3.24. The Kier molecular flexibility index (Phi) is 3.91. The van der Waals surface area contributed by atoms with Crippen molar-refractivity contribution in [3.8, 4) is 0 Å². The van der Waals surface area contributed by atoms with Gasteiger partial charge in [-0.25, -0.2) is 14.4 Å². The first kappa shape index (κ1) is 12.8. The molecule has 0 aliphatic carbocycles. The van der Waals surface area contributed by atoms with E-state index in [-0.39, 0.29) is 11.5 Å². The van der Waals surface area contributed by atoms with Crippen molar-refractivity contribution >= 4 is 17.8 Å². The highest BCUT2D eigenvalue weighted by Gasteiger charge is 2.20. The molecule has 0 fully saturated rings. The number of aryl methyl sites for hydroxylation is 1. The van der Waals surface area contributed by atoms with E-state index in [0.29, 0.717) is 0 Å². The Morgan fingerprint density at radius 2 is 1.82 bits per heavy atom. The number of aromatic nitrogens is 2. The van der Waals surface area contributed by atoms with Crippen molar-refractivity contribution in [1.29, 1.82) is 0 Å². The van der Waals surface area contributed by atoms with E-state index in [1.54, 1.807) is 0 Å². The molecular weight excluding hydrogens is 233 g/mol. The van der Waals surface area contributed by atoms with Crippen LogP contribution < -0.4 is 4.90 Å². The van der Waals surface area contributed by atoms with Crippen molar-refractivity contribution < 1.29 is 24.2 Å². The van der Waals surface area contributed by atoms with Crippen LogP contribution in [0.2, 0.25) is 0 Å². The number of hydrogen-bond donors (Lipinski definition) is 2. The summed E-state index contributed by atoms with van der Waals surface area (Å²) >= 11 is 0. The van der Waals surface area contributed by atoms with Gasteiger partial charge in [-0.3, -0.25) is 9.59 Å². The molecule has 1 aromatic rings. The Bertz CT molecular complexity index is 436. The maximum absolute atomic E-state index is 13.6. The standard InChI is InChI=1S/C9H10FN3O4/c1-5-8(10)9(12-4-11-5)13(2-6(14)15)3-7(16)17/h4H,2-3H2,1H3,(H,14,15)(H,16,17). The predicted molar refractivity (Wildman–Crippen MR) is 54.2 cm³/mol. The SMILES string of the molecule is Cc1ncnc(N(CC(=O)O)CC(=O)O)c1F. The van der Waals surface area contributed by atoms with E-state index in [9.17, 15) is 14.0 Å². The molecule has 1 heterocycles. The molecule has 0 aromatic carbocycles. The molecule has 0 bridgehead atoms. The molecule has 0 saturated heterocycles. The molecular formula is C9H10FN3O4. The third-order valence-electron chi connectivity index (χ3n) is 1.90. The van der Waals surface area contributed by atoms with Crippen LogP contribution in [0.25, 0.3) is 0 Å². The molecule has 0 aliphatic rings. The fourth-order valence-electron chi connectivity index (χ4n) is 1.20. The summed E-state index contributed by atoms with van der Waals surface area (Å²) in [7, 11) is 0. The molecule has 92 valence electrons. The van der Waals surface area contributed by atoms with E-state index in [4.69, 9.17) is 10.2 Å². The second-order valence-electron chi connectivity index (χ2n) is 3.24. The van der Waals surface area contributed by atoms with Crippen molar-refractivity contribution in [1.82, 2.24) is 9.97 Å². The molecule has 2 N–H and O–H groups in total. The van der Waals surface area contributed by atoms with Crippen molar-refractivity contribution in [2.24, 2.45) is 0 Å². The van der Waals surface area contributed by atoms with Crippen LogP contribution >= 0.6 is 0 Å². The lowest BCUT2D eigenvalue weighted by molar-refractivity contribution is -0.136.